The second-order valence-electron chi connectivity index (χ2n) is 6.58. The number of aromatic nitrogens is 2. The number of hydrogen-bond acceptors (Lipinski definition) is 6. The monoisotopic (exact) mass is 392 g/mol. The van der Waals surface area contributed by atoms with Gasteiger partial charge in [-0.15, -0.1) is 0 Å². The van der Waals surface area contributed by atoms with Crippen molar-refractivity contribution >= 4 is 17.5 Å². The van der Waals surface area contributed by atoms with Crippen LogP contribution in [-0.2, 0) is 6.54 Å². The van der Waals surface area contributed by atoms with Gasteiger partial charge in [0.05, 0.1) is 19.9 Å². The Morgan fingerprint density at radius 1 is 0.966 bits per heavy atom. The second kappa shape index (κ2) is 9.05. The van der Waals surface area contributed by atoms with Crippen molar-refractivity contribution in [3.8, 4) is 11.5 Å². The number of rotatable bonds is 7. The maximum absolute atomic E-state index is 12.7. The van der Waals surface area contributed by atoms with Gasteiger partial charge in [0.25, 0.3) is 5.91 Å². The Bertz CT molecular complexity index is 1000. The maximum Gasteiger partial charge on any atom is 0.274 e. The fraction of sp³-hybridized carbons (Fsp3) is 0.227. The van der Waals surface area contributed by atoms with Gasteiger partial charge in [0.15, 0.2) is 0 Å². The van der Waals surface area contributed by atoms with Crippen LogP contribution in [0.5, 0.6) is 11.5 Å². The highest BCUT2D eigenvalue weighted by Crippen LogP contribution is 2.25. The SMILES string of the molecule is COc1ccc(CNc2nc(C)cc(C(=O)Nc3cc(C)ccc3OC)n2)cc1. The van der Waals surface area contributed by atoms with Gasteiger partial charge in [0.1, 0.15) is 17.2 Å². The molecule has 0 radical (unpaired) electrons. The summed E-state index contributed by atoms with van der Waals surface area (Å²) in [6.07, 6.45) is 0. The first-order valence-corrected chi connectivity index (χ1v) is 9.17. The lowest BCUT2D eigenvalue weighted by Crippen LogP contribution is -2.16. The van der Waals surface area contributed by atoms with E-state index in [0.717, 1.165) is 16.9 Å². The zero-order chi connectivity index (χ0) is 20.8. The number of aryl methyl sites for hydroxylation is 2. The molecule has 0 aliphatic heterocycles. The molecule has 2 aromatic carbocycles. The first-order chi connectivity index (χ1) is 14.0. The normalized spacial score (nSPS) is 10.3. The van der Waals surface area contributed by atoms with Crippen LogP contribution < -0.4 is 20.1 Å². The molecule has 150 valence electrons. The summed E-state index contributed by atoms with van der Waals surface area (Å²) in [5.41, 5.74) is 3.63. The quantitative estimate of drug-likeness (QED) is 0.633. The molecule has 0 unspecified atom stereocenters. The van der Waals surface area contributed by atoms with Crippen LogP contribution >= 0.6 is 0 Å². The highest BCUT2D eigenvalue weighted by molar-refractivity contribution is 6.04. The lowest BCUT2D eigenvalue weighted by molar-refractivity contribution is 0.102. The lowest BCUT2D eigenvalue weighted by atomic mass is 10.2. The van der Waals surface area contributed by atoms with Crippen LogP contribution in [0.25, 0.3) is 0 Å². The van der Waals surface area contributed by atoms with Gasteiger partial charge >= 0.3 is 0 Å². The molecule has 7 heteroatoms. The van der Waals surface area contributed by atoms with Crippen molar-refractivity contribution in [1.82, 2.24) is 9.97 Å². The summed E-state index contributed by atoms with van der Waals surface area (Å²) in [4.78, 5) is 21.5. The van der Waals surface area contributed by atoms with Gasteiger partial charge in [-0.1, -0.05) is 18.2 Å². The van der Waals surface area contributed by atoms with Gasteiger partial charge in [-0.3, -0.25) is 4.79 Å². The topological polar surface area (TPSA) is 85.4 Å². The lowest BCUT2D eigenvalue weighted by Gasteiger charge is -2.12. The molecule has 7 nitrogen and oxygen atoms in total. The zero-order valence-corrected chi connectivity index (χ0v) is 16.9. The van der Waals surface area contributed by atoms with Crippen LogP contribution in [0.1, 0.15) is 27.3 Å². The van der Waals surface area contributed by atoms with Crippen molar-refractivity contribution in [2.24, 2.45) is 0 Å². The molecule has 0 spiro atoms. The maximum atomic E-state index is 12.7. The van der Waals surface area contributed by atoms with E-state index in [4.69, 9.17) is 9.47 Å². The van der Waals surface area contributed by atoms with Gasteiger partial charge in [-0.05, 0) is 55.3 Å². The molecule has 2 N–H and O–H groups in total. The van der Waals surface area contributed by atoms with E-state index in [1.165, 1.54) is 0 Å². The molecule has 0 fully saturated rings. The Labute approximate surface area is 170 Å². The molecule has 1 aromatic heterocycles. The van der Waals surface area contributed by atoms with Crippen molar-refractivity contribution in [1.29, 1.82) is 0 Å². The molecule has 0 aliphatic rings. The Morgan fingerprint density at radius 2 is 1.72 bits per heavy atom. The molecule has 0 aliphatic carbocycles. The van der Waals surface area contributed by atoms with Gasteiger partial charge in [-0.25, -0.2) is 9.97 Å². The first-order valence-electron chi connectivity index (χ1n) is 9.17. The van der Waals surface area contributed by atoms with Crippen LogP contribution in [0.4, 0.5) is 11.6 Å². The zero-order valence-electron chi connectivity index (χ0n) is 16.9. The van der Waals surface area contributed by atoms with E-state index in [-0.39, 0.29) is 11.6 Å². The molecule has 1 amide bonds. The largest absolute Gasteiger partial charge is 0.497 e. The summed E-state index contributed by atoms with van der Waals surface area (Å²) in [7, 11) is 3.20. The summed E-state index contributed by atoms with van der Waals surface area (Å²) in [5.74, 6) is 1.45. The molecule has 0 bridgehead atoms. The Balaban J connectivity index is 1.74. The van der Waals surface area contributed by atoms with Crippen LogP contribution in [0.2, 0.25) is 0 Å². The van der Waals surface area contributed by atoms with E-state index < -0.39 is 0 Å². The van der Waals surface area contributed by atoms with Crippen molar-refractivity contribution in [2.45, 2.75) is 20.4 Å². The minimum absolute atomic E-state index is 0.276. The number of benzene rings is 2. The predicted molar refractivity (Wildman–Crippen MR) is 113 cm³/mol. The molecular formula is C22H24N4O3. The van der Waals surface area contributed by atoms with Crippen molar-refractivity contribution in [2.75, 3.05) is 24.9 Å². The van der Waals surface area contributed by atoms with Crippen molar-refractivity contribution in [3.63, 3.8) is 0 Å². The number of anilines is 2. The highest BCUT2D eigenvalue weighted by atomic mass is 16.5. The molecule has 0 saturated carbocycles. The number of methoxy groups -OCH3 is 2. The summed E-state index contributed by atoms with van der Waals surface area (Å²) in [6, 6.07) is 14.9. The van der Waals surface area contributed by atoms with E-state index in [0.29, 0.717) is 29.6 Å². The van der Waals surface area contributed by atoms with E-state index in [2.05, 4.69) is 20.6 Å². The number of nitrogens with zero attached hydrogens (tertiary/aromatic N) is 2. The summed E-state index contributed by atoms with van der Waals surface area (Å²) in [5, 5.41) is 6.03. The highest BCUT2D eigenvalue weighted by Gasteiger charge is 2.13. The van der Waals surface area contributed by atoms with Gasteiger partial charge in [-0.2, -0.15) is 0 Å². The van der Waals surface area contributed by atoms with Crippen LogP contribution in [0.3, 0.4) is 0 Å². The molecule has 3 rings (SSSR count). The standard InChI is InChI=1S/C22H24N4O3/c1-14-5-10-20(29-4)18(11-14)25-21(27)19-12-15(2)24-22(26-19)23-13-16-6-8-17(28-3)9-7-16/h5-12H,13H2,1-4H3,(H,25,27)(H,23,24,26). The number of nitrogens with one attached hydrogen (secondary N) is 2. The van der Waals surface area contributed by atoms with Crippen LogP contribution in [0, 0.1) is 13.8 Å². The number of hydrogen-bond donors (Lipinski definition) is 2. The number of carbonyl (C=O) groups is 1. The van der Waals surface area contributed by atoms with Crippen molar-refractivity contribution in [3.05, 3.63) is 71.0 Å². The first kappa shape index (κ1) is 20.1. The Hall–Kier alpha value is -3.61. The summed E-state index contributed by atoms with van der Waals surface area (Å²) >= 11 is 0. The number of carbonyl (C=O) groups excluding carboxylic acids is 1. The predicted octanol–water partition coefficient (Wildman–Crippen LogP) is 3.98. The third-order valence-corrected chi connectivity index (χ3v) is 4.30. The fourth-order valence-electron chi connectivity index (χ4n) is 2.79. The summed E-state index contributed by atoms with van der Waals surface area (Å²) in [6.45, 7) is 4.30. The third kappa shape index (κ3) is 5.22. The van der Waals surface area contributed by atoms with E-state index in [1.54, 1.807) is 20.3 Å². The molecule has 0 atom stereocenters. The minimum atomic E-state index is -0.327. The Kier molecular flexibility index (Phi) is 6.29. The van der Waals surface area contributed by atoms with Crippen LogP contribution in [-0.4, -0.2) is 30.1 Å². The van der Waals surface area contributed by atoms with Gasteiger partial charge in [0.2, 0.25) is 5.95 Å². The van der Waals surface area contributed by atoms with E-state index in [1.807, 2.05) is 56.3 Å². The van der Waals surface area contributed by atoms with Crippen LogP contribution in [0.15, 0.2) is 48.5 Å². The fourth-order valence-corrected chi connectivity index (χ4v) is 2.79. The molecular weight excluding hydrogens is 368 g/mol. The van der Waals surface area contributed by atoms with Gasteiger partial charge < -0.3 is 20.1 Å². The van der Waals surface area contributed by atoms with Gasteiger partial charge in [0, 0.05) is 12.2 Å². The third-order valence-electron chi connectivity index (χ3n) is 4.30. The van der Waals surface area contributed by atoms with E-state index in [9.17, 15) is 4.79 Å². The number of ether oxygens (including phenoxy) is 2. The average molecular weight is 392 g/mol. The second-order valence-corrected chi connectivity index (χ2v) is 6.58. The average Bonchev–Trinajstić information content (AvgIpc) is 2.72. The minimum Gasteiger partial charge on any atom is -0.497 e. The Morgan fingerprint density at radius 3 is 2.41 bits per heavy atom. The smallest absolute Gasteiger partial charge is 0.274 e. The van der Waals surface area contributed by atoms with Crippen molar-refractivity contribution < 1.29 is 14.3 Å². The molecule has 3 aromatic rings. The molecule has 1 heterocycles. The summed E-state index contributed by atoms with van der Waals surface area (Å²) < 4.78 is 10.5. The molecule has 29 heavy (non-hydrogen) atoms. The van der Waals surface area contributed by atoms with E-state index >= 15 is 0 Å². The molecule has 0 saturated heterocycles. The number of amides is 1.